The number of hydrogen-bond acceptors (Lipinski definition) is 4. The van der Waals surface area contributed by atoms with Crippen LogP contribution < -0.4 is 10.5 Å². The topological polar surface area (TPSA) is 61.5 Å². The van der Waals surface area contributed by atoms with Gasteiger partial charge < -0.3 is 15.2 Å². The molecule has 0 radical (unpaired) electrons. The summed E-state index contributed by atoms with van der Waals surface area (Å²) in [7, 11) is 2.85. The van der Waals surface area contributed by atoms with E-state index in [1.54, 1.807) is 12.1 Å². The molecule has 4 nitrogen and oxygen atoms in total. The summed E-state index contributed by atoms with van der Waals surface area (Å²) in [6.45, 7) is 1.83. The highest BCUT2D eigenvalue weighted by atomic mass is 16.5. The molecule has 0 unspecified atom stereocenters. The maximum Gasteiger partial charge on any atom is 0.338 e. The number of hydrogen-bond donors (Lipinski definition) is 1. The van der Waals surface area contributed by atoms with Gasteiger partial charge in [0.1, 0.15) is 5.75 Å². The molecule has 0 heterocycles. The molecule has 76 valence electrons. The van der Waals surface area contributed by atoms with E-state index in [0.29, 0.717) is 17.0 Å². The van der Waals surface area contributed by atoms with Gasteiger partial charge in [-0.2, -0.15) is 0 Å². The highest BCUT2D eigenvalue weighted by Gasteiger charge is 2.11. The first-order valence-corrected chi connectivity index (χ1v) is 4.12. The second kappa shape index (κ2) is 4.00. The van der Waals surface area contributed by atoms with Gasteiger partial charge in [-0.3, -0.25) is 0 Å². The van der Waals surface area contributed by atoms with Crippen LogP contribution in [0.25, 0.3) is 0 Å². The summed E-state index contributed by atoms with van der Waals surface area (Å²) in [5.74, 6) is 0.167. The van der Waals surface area contributed by atoms with Crippen molar-refractivity contribution in [2.45, 2.75) is 6.92 Å². The second-order valence-corrected chi connectivity index (χ2v) is 2.88. The van der Waals surface area contributed by atoms with E-state index >= 15 is 0 Å². The molecule has 1 aromatic rings. The van der Waals surface area contributed by atoms with Crippen LogP contribution in [0.5, 0.6) is 5.75 Å². The van der Waals surface area contributed by atoms with Gasteiger partial charge in [-0.25, -0.2) is 4.79 Å². The van der Waals surface area contributed by atoms with Gasteiger partial charge in [0.2, 0.25) is 0 Å². The maximum atomic E-state index is 11.2. The Hall–Kier alpha value is -1.71. The number of nitrogens with two attached hydrogens (primary N) is 1. The molecule has 14 heavy (non-hydrogen) atoms. The zero-order valence-electron chi connectivity index (χ0n) is 8.46. The first-order valence-electron chi connectivity index (χ1n) is 4.12. The Morgan fingerprint density at radius 1 is 1.36 bits per heavy atom. The summed E-state index contributed by atoms with van der Waals surface area (Å²) in [6, 6.07) is 3.18. The number of carbonyl (C=O) groups excluding carboxylic acids is 1. The first kappa shape index (κ1) is 10.4. The van der Waals surface area contributed by atoms with Crippen LogP contribution in [0.15, 0.2) is 12.1 Å². The molecule has 1 aromatic carbocycles. The minimum Gasteiger partial charge on any atom is -0.496 e. The van der Waals surface area contributed by atoms with Crippen molar-refractivity contribution in [3.63, 3.8) is 0 Å². The fraction of sp³-hybridized carbons (Fsp3) is 0.300. The number of benzene rings is 1. The van der Waals surface area contributed by atoms with Gasteiger partial charge in [-0.15, -0.1) is 0 Å². The highest BCUT2D eigenvalue weighted by molar-refractivity contribution is 5.91. The minimum atomic E-state index is -0.421. The molecule has 1 rings (SSSR count). The summed E-state index contributed by atoms with van der Waals surface area (Å²) < 4.78 is 9.65. The number of ether oxygens (including phenoxy) is 2. The number of methoxy groups -OCH3 is 2. The van der Waals surface area contributed by atoms with E-state index in [1.807, 2.05) is 6.92 Å². The van der Waals surface area contributed by atoms with Crippen LogP contribution in [0, 0.1) is 6.92 Å². The lowest BCUT2D eigenvalue weighted by Gasteiger charge is -2.09. The zero-order valence-corrected chi connectivity index (χ0v) is 8.46. The van der Waals surface area contributed by atoms with E-state index in [4.69, 9.17) is 10.5 Å². The van der Waals surface area contributed by atoms with Gasteiger partial charge in [0, 0.05) is 11.3 Å². The Bertz CT molecular complexity index is 361. The van der Waals surface area contributed by atoms with Crippen LogP contribution >= 0.6 is 0 Å². The van der Waals surface area contributed by atoms with Gasteiger partial charge in [0.25, 0.3) is 0 Å². The van der Waals surface area contributed by atoms with Crippen LogP contribution in [-0.2, 0) is 4.74 Å². The lowest BCUT2D eigenvalue weighted by Crippen LogP contribution is -2.04. The van der Waals surface area contributed by atoms with Crippen molar-refractivity contribution in [2.75, 3.05) is 20.0 Å². The van der Waals surface area contributed by atoms with Crippen molar-refractivity contribution >= 4 is 11.7 Å². The van der Waals surface area contributed by atoms with Crippen LogP contribution in [-0.4, -0.2) is 20.2 Å². The quantitative estimate of drug-likeness (QED) is 0.572. The third kappa shape index (κ3) is 1.79. The third-order valence-electron chi connectivity index (χ3n) is 2.04. The van der Waals surface area contributed by atoms with E-state index in [9.17, 15) is 4.79 Å². The molecule has 2 N–H and O–H groups in total. The largest absolute Gasteiger partial charge is 0.496 e. The molecule has 0 amide bonds. The second-order valence-electron chi connectivity index (χ2n) is 2.88. The molecule has 0 spiro atoms. The molecule has 0 saturated heterocycles. The average molecular weight is 195 g/mol. The van der Waals surface area contributed by atoms with Crippen LogP contribution in [0.3, 0.4) is 0 Å². The summed E-state index contributed by atoms with van der Waals surface area (Å²) in [5.41, 5.74) is 7.44. The molecule has 0 aliphatic rings. The van der Waals surface area contributed by atoms with Crippen molar-refractivity contribution in [2.24, 2.45) is 0 Å². The first-order chi connectivity index (χ1) is 6.60. The van der Waals surface area contributed by atoms with E-state index in [1.165, 1.54) is 14.2 Å². The molecule has 0 bridgehead atoms. The van der Waals surface area contributed by atoms with Gasteiger partial charge in [0.05, 0.1) is 19.8 Å². The van der Waals surface area contributed by atoms with Gasteiger partial charge in [-0.05, 0) is 19.1 Å². The van der Waals surface area contributed by atoms with E-state index in [-0.39, 0.29) is 0 Å². The SMILES string of the molecule is COC(=O)c1cc(N)c(C)c(OC)c1. The highest BCUT2D eigenvalue weighted by Crippen LogP contribution is 2.25. The van der Waals surface area contributed by atoms with Crippen molar-refractivity contribution in [1.29, 1.82) is 0 Å². The Kier molecular flexibility index (Phi) is 2.96. The standard InChI is InChI=1S/C10H13NO3/c1-6-8(11)4-7(10(12)14-3)5-9(6)13-2/h4-5H,11H2,1-3H3. The smallest absolute Gasteiger partial charge is 0.338 e. The third-order valence-corrected chi connectivity index (χ3v) is 2.04. The number of carbonyl (C=O) groups is 1. The normalized spacial score (nSPS) is 9.64. The molecule has 0 aromatic heterocycles. The van der Waals surface area contributed by atoms with Crippen LogP contribution in [0.2, 0.25) is 0 Å². The van der Waals surface area contributed by atoms with Crippen molar-refractivity contribution in [1.82, 2.24) is 0 Å². The zero-order chi connectivity index (χ0) is 10.7. The van der Waals surface area contributed by atoms with Crippen molar-refractivity contribution in [3.05, 3.63) is 23.3 Å². The predicted octanol–water partition coefficient (Wildman–Crippen LogP) is 1.37. The molecular weight excluding hydrogens is 182 g/mol. The summed E-state index contributed by atoms with van der Waals surface area (Å²) >= 11 is 0. The van der Waals surface area contributed by atoms with Crippen LogP contribution in [0.4, 0.5) is 5.69 Å². The molecule has 0 aliphatic heterocycles. The van der Waals surface area contributed by atoms with E-state index < -0.39 is 5.97 Å². The monoisotopic (exact) mass is 195 g/mol. The number of rotatable bonds is 2. The Morgan fingerprint density at radius 2 is 2.00 bits per heavy atom. The molecule has 0 saturated carbocycles. The van der Waals surface area contributed by atoms with Gasteiger partial charge in [0.15, 0.2) is 0 Å². The molecule has 0 atom stereocenters. The van der Waals surface area contributed by atoms with Gasteiger partial charge in [-0.1, -0.05) is 0 Å². The maximum absolute atomic E-state index is 11.2. The molecular formula is C10H13NO3. The van der Waals surface area contributed by atoms with Gasteiger partial charge >= 0.3 is 5.97 Å². The number of anilines is 1. The lowest BCUT2D eigenvalue weighted by molar-refractivity contribution is 0.0600. The fourth-order valence-electron chi connectivity index (χ4n) is 1.16. The number of nitrogen functional groups attached to an aromatic ring is 1. The molecule has 0 fully saturated rings. The summed E-state index contributed by atoms with van der Waals surface area (Å²) in [6.07, 6.45) is 0. The summed E-state index contributed by atoms with van der Waals surface area (Å²) in [5, 5.41) is 0. The van der Waals surface area contributed by atoms with Crippen molar-refractivity contribution in [3.8, 4) is 5.75 Å². The Balaban J connectivity index is 3.22. The lowest BCUT2D eigenvalue weighted by atomic mass is 10.1. The Labute approximate surface area is 82.6 Å². The summed E-state index contributed by atoms with van der Waals surface area (Å²) in [4.78, 5) is 11.2. The fourth-order valence-corrected chi connectivity index (χ4v) is 1.16. The molecule has 4 heteroatoms. The average Bonchev–Trinajstić information content (AvgIpc) is 2.20. The number of esters is 1. The van der Waals surface area contributed by atoms with Crippen LogP contribution in [0.1, 0.15) is 15.9 Å². The van der Waals surface area contributed by atoms with E-state index in [2.05, 4.69) is 4.74 Å². The predicted molar refractivity (Wildman–Crippen MR) is 53.5 cm³/mol. The van der Waals surface area contributed by atoms with Crippen molar-refractivity contribution < 1.29 is 14.3 Å². The molecule has 0 aliphatic carbocycles. The minimum absolute atomic E-state index is 0.396. The van der Waals surface area contributed by atoms with E-state index in [0.717, 1.165) is 5.56 Å². The Morgan fingerprint density at radius 3 is 2.50 bits per heavy atom.